The number of carbonyl (C=O) groups excluding carboxylic acids is 2. The maximum atomic E-state index is 12.7. The first-order chi connectivity index (χ1) is 12.7. The van der Waals surface area contributed by atoms with Crippen molar-refractivity contribution in [2.75, 3.05) is 24.5 Å². The second kappa shape index (κ2) is 7.30. The highest BCUT2D eigenvalue weighted by molar-refractivity contribution is 6.01. The molecular weight excluding hydrogens is 328 g/mol. The molecule has 2 aliphatic heterocycles. The fourth-order valence-corrected chi connectivity index (χ4v) is 3.72. The SMILES string of the molecule is O=C(OC(=O)N1CCCc2cc3c(cc21)CCNCC3)c1ccccc1. The summed E-state index contributed by atoms with van der Waals surface area (Å²) in [6.07, 6.45) is 3.20. The number of fused-ring (bicyclic) bond motifs is 2. The second-order valence-corrected chi connectivity index (χ2v) is 6.78. The Balaban J connectivity index is 1.58. The van der Waals surface area contributed by atoms with Crippen molar-refractivity contribution in [3.8, 4) is 0 Å². The van der Waals surface area contributed by atoms with Gasteiger partial charge in [0.2, 0.25) is 0 Å². The molecule has 2 aromatic carbocycles. The van der Waals surface area contributed by atoms with Crippen LogP contribution < -0.4 is 10.2 Å². The number of aryl methyl sites for hydroxylation is 1. The van der Waals surface area contributed by atoms with E-state index in [1.54, 1.807) is 29.2 Å². The van der Waals surface area contributed by atoms with Crippen molar-refractivity contribution in [3.63, 3.8) is 0 Å². The van der Waals surface area contributed by atoms with Crippen LogP contribution in [0.2, 0.25) is 0 Å². The molecule has 2 aromatic rings. The lowest BCUT2D eigenvalue weighted by Crippen LogP contribution is -2.37. The molecule has 0 unspecified atom stereocenters. The van der Waals surface area contributed by atoms with Gasteiger partial charge in [0.1, 0.15) is 0 Å². The standard InChI is InChI=1S/C21H22N2O3/c24-20(15-5-2-1-3-6-15)26-21(25)23-12-4-7-18-13-16-8-10-22-11-9-17(16)14-19(18)23/h1-3,5-6,13-14,22H,4,7-12H2. The molecule has 0 aliphatic carbocycles. The van der Waals surface area contributed by atoms with Gasteiger partial charge in [-0.3, -0.25) is 4.90 Å². The number of nitrogens with one attached hydrogen (secondary N) is 1. The van der Waals surface area contributed by atoms with Gasteiger partial charge in [-0.25, -0.2) is 9.59 Å². The normalized spacial score (nSPS) is 16.2. The largest absolute Gasteiger partial charge is 0.422 e. The topological polar surface area (TPSA) is 58.6 Å². The molecule has 1 N–H and O–H groups in total. The van der Waals surface area contributed by atoms with Gasteiger partial charge >= 0.3 is 12.1 Å². The summed E-state index contributed by atoms with van der Waals surface area (Å²) in [5.41, 5.74) is 5.09. The van der Waals surface area contributed by atoms with Crippen LogP contribution in [-0.4, -0.2) is 31.7 Å². The van der Waals surface area contributed by atoms with E-state index in [4.69, 9.17) is 4.74 Å². The molecule has 134 valence electrons. The van der Waals surface area contributed by atoms with E-state index >= 15 is 0 Å². The lowest BCUT2D eigenvalue weighted by Gasteiger charge is -2.29. The third kappa shape index (κ3) is 3.35. The molecule has 0 bridgehead atoms. The molecule has 4 rings (SSSR count). The van der Waals surface area contributed by atoms with E-state index in [1.807, 2.05) is 6.07 Å². The molecule has 0 fully saturated rings. The first-order valence-corrected chi connectivity index (χ1v) is 9.16. The van der Waals surface area contributed by atoms with Gasteiger partial charge in [-0.15, -0.1) is 0 Å². The molecule has 0 saturated heterocycles. The molecule has 5 nitrogen and oxygen atoms in total. The quantitative estimate of drug-likeness (QED) is 0.634. The molecule has 0 atom stereocenters. The van der Waals surface area contributed by atoms with Crippen molar-refractivity contribution >= 4 is 17.7 Å². The molecule has 0 aromatic heterocycles. The van der Waals surface area contributed by atoms with Gasteiger partial charge in [0, 0.05) is 6.54 Å². The van der Waals surface area contributed by atoms with Crippen molar-refractivity contribution in [1.29, 1.82) is 0 Å². The van der Waals surface area contributed by atoms with E-state index in [0.717, 1.165) is 44.5 Å². The lowest BCUT2D eigenvalue weighted by molar-refractivity contribution is 0.0633. The summed E-state index contributed by atoms with van der Waals surface area (Å²) in [4.78, 5) is 26.5. The van der Waals surface area contributed by atoms with Crippen molar-refractivity contribution < 1.29 is 14.3 Å². The zero-order valence-corrected chi connectivity index (χ0v) is 14.7. The molecule has 0 saturated carbocycles. The summed E-state index contributed by atoms with van der Waals surface area (Å²) < 4.78 is 5.14. The van der Waals surface area contributed by atoms with Crippen LogP contribution >= 0.6 is 0 Å². The number of hydrogen-bond donors (Lipinski definition) is 1. The minimum absolute atomic E-state index is 0.381. The van der Waals surface area contributed by atoms with Gasteiger partial charge < -0.3 is 10.1 Å². The van der Waals surface area contributed by atoms with Crippen LogP contribution in [0.4, 0.5) is 10.5 Å². The number of anilines is 1. The van der Waals surface area contributed by atoms with Gasteiger partial charge in [0.15, 0.2) is 0 Å². The number of amides is 1. The minimum atomic E-state index is -0.610. The third-order valence-electron chi connectivity index (χ3n) is 5.07. The van der Waals surface area contributed by atoms with Crippen LogP contribution in [0.5, 0.6) is 0 Å². The van der Waals surface area contributed by atoms with Crippen molar-refractivity contribution in [1.82, 2.24) is 5.32 Å². The highest BCUT2D eigenvalue weighted by Crippen LogP contribution is 2.32. The smallest absolute Gasteiger partial charge is 0.372 e. The maximum Gasteiger partial charge on any atom is 0.422 e. The van der Waals surface area contributed by atoms with E-state index in [2.05, 4.69) is 17.4 Å². The molecule has 1 amide bonds. The number of nitrogens with zero attached hydrogens (tertiary/aromatic N) is 1. The van der Waals surface area contributed by atoms with Crippen LogP contribution in [0.3, 0.4) is 0 Å². The third-order valence-corrected chi connectivity index (χ3v) is 5.07. The van der Waals surface area contributed by atoms with Crippen LogP contribution in [0.1, 0.15) is 33.5 Å². The summed E-state index contributed by atoms with van der Waals surface area (Å²) in [5.74, 6) is -0.610. The Hall–Kier alpha value is -2.66. The molecule has 5 heteroatoms. The van der Waals surface area contributed by atoms with Gasteiger partial charge in [0.05, 0.1) is 11.3 Å². The monoisotopic (exact) mass is 350 g/mol. The zero-order valence-electron chi connectivity index (χ0n) is 14.7. The van der Waals surface area contributed by atoms with Gasteiger partial charge in [-0.05, 0) is 73.7 Å². The van der Waals surface area contributed by atoms with Crippen LogP contribution in [-0.2, 0) is 24.0 Å². The summed E-state index contributed by atoms with van der Waals surface area (Å²) in [6.45, 7) is 2.51. The summed E-state index contributed by atoms with van der Waals surface area (Å²) in [5, 5.41) is 3.41. The lowest BCUT2D eigenvalue weighted by atomic mass is 9.93. The van der Waals surface area contributed by atoms with Crippen LogP contribution in [0.25, 0.3) is 0 Å². The van der Waals surface area contributed by atoms with Gasteiger partial charge in [0.25, 0.3) is 0 Å². The highest BCUT2D eigenvalue weighted by atomic mass is 16.6. The predicted molar refractivity (Wildman–Crippen MR) is 99.6 cm³/mol. The summed E-state index contributed by atoms with van der Waals surface area (Å²) in [7, 11) is 0. The number of carbonyl (C=O) groups is 2. The van der Waals surface area contributed by atoms with E-state index in [1.165, 1.54) is 16.7 Å². The fraction of sp³-hybridized carbons (Fsp3) is 0.333. The van der Waals surface area contributed by atoms with E-state index in [9.17, 15) is 9.59 Å². The maximum absolute atomic E-state index is 12.7. The summed E-state index contributed by atoms with van der Waals surface area (Å²) >= 11 is 0. The molecule has 2 aliphatic rings. The molecule has 2 heterocycles. The first kappa shape index (κ1) is 16.8. The van der Waals surface area contributed by atoms with E-state index in [0.29, 0.717) is 12.1 Å². The van der Waals surface area contributed by atoms with E-state index < -0.39 is 12.1 Å². The summed E-state index contributed by atoms with van der Waals surface area (Å²) in [6, 6.07) is 13.0. The van der Waals surface area contributed by atoms with Gasteiger partial charge in [-0.1, -0.05) is 24.3 Å². The zero-order chi connectivity index (χ0) is 17.9. The van der Waals surface area contributed by atoms with Crippen LogP contribution in [0, 0.1) is 0 Å². The second-order valence-electron chi connectivity index (χ2n) is 6.78. The Morgan fingerprint density at radius 3 is 2.42 bits per heavy atom. The molecular formula is C21H22N2O3. The number of ether oxygens (including phenoxy) is 1. The van der Waals surface area contributed by atoms with Crippen molar-refractivity contribution in [3.05, 3.63) is 64.7 Å². The van der Waals surface area contributed by atoms with Crippen molar-refractivity contribution in [2.24, 2.45) is 0 Å². The Labute approximate surface area is 153 Å². The molecule has 26 heavy (non-hydrogen) atoms. The number of hydrogen-bond acceptors (Lipinski definition) is 4. The Morgan fingerprint density at radius 2 is 1.65 bits per heavy atom. The number of rotatable bonds is 1. The Morgan fingerprint density at radius 1 is 0.923 bits per heavy atom. The minimum Gasteiger partial charge on any atom is -0.372 e. The number of benzene rings is 2. The average Bonchev–Trinajstić information content (AvgIpc) is 2.91. The number of esters is 1. The molecule has 0 spiro atoms. The highest BCUT2D eigenvalue weighted by Gasteiger charge is 2.27. The Bertz CT molecular complexity index is 833. The van der Waals surface area contributed by atoms with E-state index in [-0.39, 0.29) is 0 Å². The van der Waals surface area contributed by atoms with Gasteiger partial charge in [-0.2, -0.15) is 0 Å². The fourth-order valence-electron chi connectivity index (χ4n) is 3.72. The average molecular weight is 350 g/mol. The first-order valence-electron chi connectivity index (χ1n) is 9.16. The van der Waals surface area contributed by atoms with Crippen molar-refractivity contribution in [2.45, 2.75) is 25.7 Å². The Kier molecular flexibility index (Phi) is 4.71. The molecule has 0 radical (unpaired) electrons. The van der Waals surface area contributed by atoms with Crippen LogP contribution in [0.15, 0.2) is 42.5 Å². The predicted octanol–water partition coefficient (Wildman–Crippen LogP) is 3.10.